The summed E-state index contributed by atoms with van der Waals surface area (Å²) in [5.74, 6) is 0. The third kappa shape index (κ3) is 1.40. The Kier molecular flexibility index (Phi) is 1.77. The molecule has 2 aromatic rings. The van der Waals surface area contributed by atoms with Crippen molar-refractivity contribution in [1.29, 1.82) is 0 Å². The Bertz CT molecular complexity index is 420. The fourth-order valence-electron chi connectivity index (χ4n) is 1.18. The Morgan fingerprint density at radius 2 is 2.23 bits per heavy atom. The molecule has 2 N–H and O–H groups in total. The predicted molar refractivity (Wildman–Crippen MR) is 50.8 cm³/mol. The van der Waals surface area contributed by atoms with E-state index in [1.54, 1.807) is 0 Å². The molecule has 0 aliphatic rings. The lowest BCUT2D eigenvalue weighted by Gasteiger charge is -1.97. The van der Waals surface area contributed by atoms with Gasteiger partial charge in [0.05, 0.1) is 0 Å². The average Bonchev–Trinajstić information content (AvgIpc) is 2.51. The minimum absolute atomic E-state index is 0.547. The quantitative estimate of drug-likeness (QED) is 0.718. The van der Waals surface area contributed by atoms with Crippen LogP contribution in [-0.2, 0) is 0 Å². The summed E-state index contributed by atoms with van der Waals surface area (Å²) < 4.78 is 4.74. The molecule has 0 bridgehead atoms. The topological polar surface area (TPSA) is 52.0 Å². The van der Waals surface area contributed by atoms with Crippen LogP contribution in [0.25, 0.3) is 11.3 Å². The molecule has 0 aliphatic heterocycles. The fraction of sp³-hybridized carbons (Fsp3) is 0. The van der Waals surface area contributed by atoms with Crippen molar-refractivity contribution in [1.82, 2.24) is 5.16 Å². The zero-order valence-corrected chi connectivity index (χ0v) is 7.03. The lowest BCUT2D eigenvalue weighted by molar-refractivity contribution is 0.422. The van der Waals surface area contributed by atoms with Crippen molar-refractivity contribution in [3.05, 3.63) is 43.0 Å². The first-order chi connectivity index (χ1) is 6.27. The number of aromatic nitrogens is 1. The summed E-state index contributed by atoms with van der Waals surface area (Å²) in [7, 11) is 0. The van der Waals surface area contributed by atoms with Crippen molar-refractivity contribution in [3.63, 3.8) is 0 Å². The lowest BCUT2D eigenvalue weighted by Crippen LogP contribution is -1.86. The molecule has 1 radical (unpaired) electrons. The lowest BCUT2D eigenvalue weighted by atomic mass is 10.1. The summed E-state index contributed by atoms with van der Waals surface area (Å²) >= 11 is 0. The highest BCUT2D eigenvalue weighted by Gasteiger charge is 2.06. The smallest absolute Gasteiger partial charge is 0.147 e. The van der Waals surface area contributed by atoms with Crippen LogP contribution in [0.15, 0.2) is 35.1 Å². The minimum atomic E-state index is 0.547. The third-order valence-corrected chi connectivity index (χ3v) is 1.80. The summed E-state index contributed by atoms with van der Waals surface area (Å²) in [6, 6.07) is 7.66. The van der Waals surface area contributed by atoms with E-state index in [2.05, 4.69) is 12.1 Å². The second kappa shape index (κ2) is 2.94. The van der Waals surface area contributed by atoms with Crippen molar-refractivity contribution >= 4 is 5.69 Å². The molecule has 3 heteroatoms. The van der Waals surface area contributed by atoms with Crippen LogP contribution in [0, 0.1) is 6.92 Å². The number of anilines is 1. The monoisotopic (exact) mass is 173 g/mol. The van der Waals surface area contributed by atoms with Gasteiger partial charge in [0, 0.05) is 5.56 Å². The van der Waals surface area contributed by atoms with Gasteiger partial charge in [-0.15, -0.1) is 0 Å². The molecular weight excluding hydrogens is 164 g/mol. The molecular formula is C10H9N2O. The van der Waals surface area contributed by atoms with E-state index in [0.29, 0.717) is 11.4 Å². The first-order valence-corrected chi connectivity index (χ1v) is 3.89. The molecule has 0 spiro atoms. The Labute approximate surface area is 76.2 Å². The number of nitrogens with zero attached hydrogens (tertiary/aromatic N) is 1. The molecule has 1 aromatic carbocycles. The van der Waals surface area contributed by atoms with E-state index in [1.165, 1.54) is 6.26 Å². The fourth-order valence-corrected chi connectivity index (χ4v) is 1.18. The molecule has 3 nitrogen and oxygen atoms in total. The summed E-state index contributed by atoms with van der Waals surface area (Å²) in [6.07, 6.45) is 1.42. The van der Waals surface area contributed by atoms with E-state index in [-0.39, 0.29) is 0 Å². The van der Waals surface area contributed by atoms with Gasteiger partial charge in [0.15, 0.2) is 0 Å². The maximum absolute atomic E-state index is 5.65. The first-order valence-electron chi connectivity index (χ1n) is 3.89. The van der Waals surface area contributed by atoms with E-state index >= 15 is 0 Å². The van der Waals surface area contributed by atoms with Gasteiger partial charge in [0.2, 0.25) is 0 Å². The third-order valence-electron chi connectivity index (χ3n) is 1.80. The van der Waals surface area contributed by atoms with Crippen LogP contribution >= 0.6 is 0 Å². The normalized spacial score (nSPS) is 10.2. The molecule has 13 heavy (non-hydrogen) atoms. The number of nitrogen functional groups attached to an aromatic ring is 1. The van der Waals surface area contributed by atoms with Gasteiger partial charge in [0.1, 0.15) is 17.6 Å². The second-order valence-corrected chi connectivity index (χ2v) is 2.82. The van der Waals surface area contributed by atoms with Gasteiger partial charge in [0.25, 0.3) is 0 Å². The van der Waals surface area contributed by atoms with Gasteiger partial charge in [-0.05, 0) is 18.6 Å². The molecule has 1 aromatic heterocycles. The summed E-state index contributed by atoms with van der Waals surface area (Å²) in [4.78, 5) is 0. The SMILES string of the molecule is [CH2]c1cccc(-c2nocc2N)c1. The minimum Gasteiger partial charge on any atom is -0.394 e. The summed E-state index contributed by atoms with van der Waals surface area (Å²) in [5, 5.41) is 3.80. The molecule has 0 saturated carbocycles. The Morgan fingerprint density at radius 3 is 2.85 bits per heavy atom. The predicted octanol–water partition coefficient (Wildman–Crippen LogP) is 2.11. The van der Waals surface area contributed by atoms with Crippen LogP contribution in [0.2, 0.25) is 0 Å². The van der Waals surface area contributed by atoms with E-state index < -0.39 is 0 Å². The van der Waals surface area contributed by atoms with E-state index in [1.807, 2.05) is 24.3 Å². The molecule has 2 rings (SSSR count). The molecule has 0 aliphatic carbocycles. The molecule has 65 valence electrons. The zero-order chi connectivity index (χ0) is 9.26. The van der Waals surface area contributed by atoms with Gasteiger partial charge >= 0.3 is 0 Å². The van der Waals surface area contributed by atoms with Crippen LogP contribution in [0.5, 0.6) is 0 Å². The highest BCUT2D eigenvalue weighted by molar-refractivity contribution is 5.71. The molecule has 0 atom stereocenters. The number of hydrogen-bond donors (Lipinski definition) is 1. The summed E-state index contributed by atoms with van der Waals surface area (Å²) in [6.45, 7) is 3.82. The maximum atomic E-state index is 5.65. The maximum Gasteiger partial charge on any atom is 0.147 e. The number of benzene rings is 1. The zero-order valence-electron chi connectivity index (χ0n) is 7.03. The van der Waals surface area contributed by atoms with Gasteiger partial charge in [-0.1, -0.05) is 23.4 Å². The Hall–Kier alpha value is -1.77. The van der Waals surface area contributed by atoms with Crippen molar-refractivity contribution in [2.75, 3.05) is 5.73 Å². The Morgan fingerprint density at radius 1 is 1.38 bits per heavy atom. The highest BCUT2D eigenvalue weighted by atomic mass is 16.5. The first kappa shape index (κ1) is 7.86. The molecule has 0 amide bonds. The van der Waals surface area contributed by atoms with Crippen molar-refractivity contribution < 1.29 is 4.52 Å². The van der Waals surface area contributed by atoms with Crippen molar-refractivity contribution in [2.24, 2.45) is 0 Å². The molecule has 0 fully saturated rings. The molecule has 0 unspecified atom stereocenters. The van der Waals surface area contributed by atoms with E-state index in [9.17, 15) is 0 Å². The van der Waals surface area contributed by atoms with Crippen LogP contribution in [-0.4, -0.2) is 5.16 Å². The van der Waals surface area contributed by atoms with Gasteiger partial charge in [-0.3, -0.25) is 0 Å². The molecule has 1 heterocycles. The van der Waals surface area contributed by atoms with Crippen LogP contribution in [0.1, 0.15) is 5.56 Å². The number of nitrogens with two attached hydrogens (primary N) is 1. The van der Waals surface area contributed by atoms with Crippen LogP contribution in [0.4, 0.5) is 5.69 Å². The van der Waals surface area contributed by atoms with E-state index in [0.717, 1.165) is 11.1 Å². The van der Waals surface area contributed by atoms with Crippen molar-refractivity contribution in [3.8, 4) is 11.3 Å². The highest BCUT2D eigenvalue weighted by Crippen LogP contribution is 2.24. The standard InChI is InChI=1S/C10H9N2O/c1-7-3-2-4-8(5-7)10-9(11)6-13-12-10/h2-6H,1,11H2. The van der Waals surface area contributed by atoms with Crippen molar-refractivity contribution in [2.45, 2.75) is 0 Å². The van der Waals surface area contributed by atoms with Crippen LogP contribution < -0.4 is 5.73 Å². The number of rotatable bonds is 1. The Balaban J connectivity index is 2.53. The van der Waals surface area contributed by atoms with Gasteiger partial charge < -0.3 is 10.3 Å². The average molecular weight is 173 g/mol. The van der Waals surface area contributed by atoms with Gasteiger partial charge in [-0.2, -0.15) is 0 Å². The van der Waals surface area contributed by atoms with Gasteiger partial charge in [-0.25, -0.2) is 0 Å². The summed E-state index contributed by atoms with van der Waals surface area (Å²) in [5.41, 5.74) is 8.72. The largest absolute Gasteiger partial charge is 0.394 e. The number of hydrogen-bond acceptors (Lipinski definition) is 3. The molecule has 0 saturated heterocycles. The van der Waals surface area contributed by atoms with Crippen LogP contribution in [0.3, 0.4) is 0 Å². The second-order valence-electron chi connectivity index (χ2n) is 2.82. The van der Waals surface area contributed by atoms with E-state index in [4.69, 9.17) is 10.3 Å².